The highest BCUT2D eigenvalue weighted by Gasteiger charge is 2.18. The lowest BCUT2D eigenvalue weighted by molar-refractivity contribution is -0.130. The second kappa shape index (κ2) is 16.2. The number of rotatable bonds is 3. The minimum absolute atomic E-state index is 0.366. The zero-order valence-corrected chi connectivity index (χ0v) is 14.4. The molecular weight excluding hydrogens is 254 g/mol. The molecule has 1 amide bonds. The first kappa shape index (κ1) is 24.1. The highest BCUT2D eigenvalue weighted by molar-refractivity contribution is 5.76. The average molecular weight is 289 g/mol. The molecule has 0 saturated carbocycles. The molecule has 0 radical (unpaired) electrons. The van der Waals surface area contributed by atoms with Crippen LogP contribution in [0.15, 0.2) is 0 Å². The van der Waals surface area contributed by atoms with Gasteiger partial charge in [0.15, 0.2) is 0 Å². The van der Waals surface area contributed by atoms with E-state index in [9.17, 15) is 4.79 Å². The third-order valence-electron chi connectivity index (χ3n) is 2.78. The van der Waals surface area contributed by atoms with Gasteiger partial charge < -0.3 is 14.8 Å². The van der Waals surface area contributed by atoms with Crippen LogP contribution in [0.1, 0.15) is 66.7 Å². The van der Waals surface area contributed by atoms with Crippen molar-refractivity contribution >= 4 is 12.7 Å². The van der Waals surface area contributed by atoms with Crippen molar-refractivity contribution in [2.24, 2.45) is 5.41 Å². The molecule has 0 bridgehead atoms. The molecule has 0 atom stereocenters. The lowest BCUT2D eigenvalue weighted by Gasteiger charge is -2.19. The van der Waals surface area contributed by atoms with E-state index in [1.165, 1.54) is 12.8 Å². The summed E-state index contributed by atoms with van der Waals surface area (Å²) in [6, 6.07) is 0. The number of hydrogen-bond acceptors (Lipinski definition) is 3. The fourth-order valence-corrected chi connectivity index (χ4v) is 1.89. The van der Waals surface area contributed by atoms with E-state index >= 15 is 0 Å². The summed E-state index contributed by atoms with van der Waals surface area (Å²) in [6.45, 7) is 14.7. The number of amides is 1. The van der Waals surface area contributed by atoms with E-state index in [1.54, 1.807) is 0 Å². The lowest BCUT2D eigenvalue weighted by Crippen LogP contribution is -2.27. The van der Waals surface area contributed by atoms with Crippen LogP contribution < -0.4 is 0 Å². The summed E-state index contributed by atoms with van der Waals surface area (Å²) in [5.74, 6) is 0.367. The Morgan fingerprint density at radius 1 is 1.10 bits per heavy atom. The van der Waals surface area contributed by atoms with Crippen molar-refractivity contribution in [1.29, 1.82) is 0 Å². The Balaban J connectivity index is -0.000000425. The predicted molar refractivity (Wildman–Crippen MR) is 85.7 cm³/mol. The smallest absolute Gasteiger partial charge is 0.222 e. The summed E-state index contributed by atoms with van der Waals surface area (Å²) in [5, 5.41) is 7.00. The SMILES string of the molecule is C=O.CC.CC(C)(C)CCCC(=O)N1CCCC1.CO. The van der Waals surface area contributed by atoms with Crippen LogP contribution in [0.3, 0.4) is 0 Å². The Bertz CT molecular complexity index is 206. The van der Waals surface area contributed by atoms with Gasteiger partial charge >= 0.3 is 0 Å². The standard InChI is InChI=1S/C12H23NO.C2H6.CH4O.CH2O/c1-12(2,3)8-6-7-11(14)13-9-4-5-10-13;3*1-2/h4-10H2,1-3H3;1-2H3;2H,1H3;1H2. The second-order valence-electron chi connectivity index (χ2n) is 5.50. The van der Waals surface area contributed by atoms with Crippen LogP contribution in [0.2, 0.25) is 0 Å². The highest BCUT2D eigenvalue weighted by atomic mass is 16.2. The van der Waals surface area contributed by atoms with Crippen molar-refractivity contribution < 1.29 is 14.7 Å². The molecule has 1 rings (SSSR count). The van der Waals surface area contributed by atoms with Crippen LogP contribution in [-0.4, -0.2) is 42.9 Å². The molecule has 1 heterocycles. The van der Waals surface area contributed by atoms with Gasteiger partial charge in [0.25, 0.3) is 0 Å². The zero-order chi connectivity index (χ0) is 16.6. The van der Waals surface area contributed by atoms with E-state index in [1.807, 2.05) is 25.5 Å². The van der Waals surface area contributed by atoms with Gasteiger partial charge in [-0.2, -0.15) is 0 Å². The van der Waals surface area contributed by atoms with E-state index < -0.39 is 0 Å². The lowest BCUT2D eigenvalue weighted by atomic mass is 9.90. The van der Waals surface area contributed by atoms with Gasteiger partial charge in [-0.05, 0) is 31.1 Å². The quantitative estimate of drug-likeness (QED) is 0.867. The maximum absolute atomic E-state index is 11.7. The second-order valence-corrected chi connectivity index (χ2v) is 5.50. The summed E-state index contributed by atoms with van der Waals surface area (Å²) < 4.78 is 0. The molecule has 1 fully saturated rings. The molecule has 0 spiro atoms. The number of carbonyl (C=O) groups excluding carboxylic acids is 2. The van der Waals surface area contributed by atoms with Gasteiger partial charge in [0.1, 0.15) is 6.79 Å². The van der Waals surface area contributed by atoms with Crippen LogP contribution in [0.5, 0.6) is 0 Å². The molecule has 1 N–H and O–H groups in total. The number of likely N-dealkylation sites (tertiary alicyclic amines) is 1. The fraction of sp³-hybridized carbons (Fsp3) is 0.875. The minimum atomic E-state index is 0.366. The van der Waals surface area contributed by atoms with Crippen molar-refractivity contribution in [3.05, 3.63) is 0 Å². The van der Waals surface area contributed by atoms with Crippen LogP contribution in [0.25, 0.3) is 0 Å². The largest absolute Gasteiger partial charge is 0.400 e. The number of nitrogens with zero attached hydrogens (tertiary/aromatic N) is 1. The molecule has 0 unspecified atom stereocenters. The van der Waals surface area contributed by atoms with Gasteiger partial charge in [-0.25, -0.2) is 0 Å². The van der Waals surface area contributed by atoms with E-state index in [-0.39, 0.29) is 0 Å². The summed E-state index contributed by atoms with van der Waals surface area (Å²) in [6.07, 6.45) is 5.33. The molecule has 0 aromatic heterocycles. The van der Waals surface area contributed by atoms with E-state index in [2.05, 4.69) is 20.8 Å². The molecule has 1 aliphatic rings. The molecule has 1 aliphatic heterocycles. The van der Waals surface area contributed by atoms with Gasteiger partial charge in [0.2, 0.25) is 5.91 Å². The Morgan fingerprint density at radius 3 is 1.85 bits per heavy atom. The Morgan fingerprint density at radius 2 is 1.50 bits per heavy atom. The van der Waals surface area contributed by atoms with Crippen molar-refractivity contribution in [3.63, 3.8) is 0 Å². The average Bonchev–Trinajstić information content (AvgIpc) is 2.98. The first-order chi connectivity index (χ1) is 9.49. The van der Waals surface area contributed by atoms with Crippen molar-refractivity contribution in [2.75, 3.05) is 20.2 Å². The maximum Gasteiger partial charge on any atom is 0.222 e. The minimum Gasteiger partial charge on any atom is -0.400 e. The van der Waals surface area contributed by atoms with Gasteiger partial charge in [0, 0.05) is 26.6 Å². The van der Waals surface area contributed by atoms with E-state index in [0.29, 0.717) is 11.3 Å². The van der Waals surface area contributed by atoms with Gasteiger partial charge in [-0.3, -0.25) is 4.79 Å². The van der Waals surface area contributed by atoms with Crippen molar-refractivity contribution in [2.45, 2.75) is 66.7 Å². The zero-order valence-electron chi connectivity index (χ0n) is 14.4. The Kier molecular flexibility index (Phi) is 19.5. The molecule has 20 heavy (non-hydrogen) atoms. The first-order valence-corrected chi connectivity index (χ1v) is 7.50. The first-order valence-electron chi connectivity index (χ1n) is 7.50. The topological polar surface area (TPSA) is 57.6 Å². The molecule has 1 saturated heterocycles. The summed E-state index contributed by atoms with van der Waals surface area (Å²) in [4.78, 5) is 21.7. The van der Waals surface area contributed by atoms with Gasteiger partial charge in [-0.15, -0.1) is 0 Å². The van der Waals surface area contributed by atoms with E-state index in [4.69, 9.17) is 9.90 Å². The molecule has 122 valence electrons. The Labute approximate surface area is 125 Å². The third kappa shape index (κ3) is 15.2. The van der Waals surface area contributed by atoms with Gasteiger partial charge in [-0.1, -0.05) is 34.6 Å². The van der Waals surface area contributed by atoms with Crippen LogP contribution in [-0.2, 0) is 9.59 Å². The van der Waals surface area contributed by atoms with Crippen molar-refractivity contribution in [3.8, 4) is 0 Å². The predicted octanol–water partition coefficient (Wildman–Crippen LogP) is 3.28. The fourth-order valence-electron chi connectivity index (χ4n) is 1.89. The highest BCUT2D eigenvalue weighted by Crippen LogP contribution is 2.22. The molecule has 0 aliphatic carbocycles. The maximum atomic E-state index is 11.7. The number of carbonyl (C=O) groups is 2. The van der Waals surface area contributed by atoms with Crippen LogP contribution in [0, 0.1) is 5.41 Å². The molecule has 4 heteroatoms. The Hall–Kier alpha value is -0.900. The molecular formula is C16H35NO3. The summed E-state index contributed by atoms with van der Waals surface area (Å²) >= 11 is 0. The third-order valence-corrected chi connectivity index (χ3v) is 2.78. The number of aliphatic hydroxyl groups is 1. The van der Waals surface area contributed by atoms with Crippen molar-refractivity contribution in [1.82, 2.24) is 4.90 Å². The number of hydrogen-bond donors (Lipinski definition) is 1. The summed E-state index contributed by atoms with van der Waals surface area (Å²) in [7, 11) is 1.00. The number of aliphatic hydroxyl groups excluding tert-OH is 1. The molecule has 4 nitrogen and oxygen atoms in total. The molecule has 0 aromatic rings. The normalized spacial score (nSPS) is 13.1. The monoisotopic (exact) mass is 289 g/mol. The molecule has 0 aromatic carbocycles. The van der Waals surface area contributed by atoms with Crippen LogP contribution >= 0.6 is 0 Å². The van der Waals surface area contributed by atoms with E-state index in [0.717, 1.165) is 39.5 Å². The van der Waals surface area contributed by atoms with Gasteiger partial charge in [0.05, 0.1) is 0 Å². The van der Waals surface area contributed by atoms with Crippen LogP contribution in [0.4, 0.5) is 0 Å². The summed E-state index contributed by atoms with van der Waals surface area (Å²) in [5.41, 5.74) is 0.366.